The molecule has 1 amide bonds. The summed E-state index contributed by atoms with van der Waals surface area (Å²) >= 11 is 0. The summed E-state index contributed by atoms with van der Waals surface area (Å²) < 4.78 is 5.02. The van der Waals surface area contributed by atoms with Gasteiger partial charge in [0.15, 0.2) is 5.82 Å². The molecule has 1 atom stereocenters. The lowest BCUT2D eigenvalue weighted by atomic mass is 10.2. The van der Waals surface area contributed by atoms with Crippen molar-refractivity contribution >= 4 is 17.4 Å². The number of carbonyl (C=O) groups excluding carboxylic acids is 1. The second-order valence-corrected chi connectivity index (χ2v) is 3.87. The Labute approximate surface area is 98.8 Å². The van der Waals surface area contributed by atoms with Crippen LogP contribution in [0.3, 0.4) is 0 Å². The molecule has 0 spiro atoms. The van der Waals surface area contributed by atoms with Crippen molar-refractivity contribution in [3.63, 3.8) is 0 Å². The van der Waals surface area contributed by atoms with E-state index in [1.807, 2.05) is 4.90 Å². The predicted molar refractivity (Wildman–Crippen MR) is 62.6 cm³/mol. The topological polar surface area (TPSA) is 107 Å². The minimum absolute atomic E-state index is 0.310. The molecular weight excluding hydrogens is 222 g/mol. The number of aromatic nitrogens is 2. The Balaban J connectivity index is 2.36. The Morgan fingerprint density at radius 2 is 2.35 bits per heavy atom. The Hall–Kier alpha value is -2.05. The summed E-state index contributed by atoms with van der Waals surface area (Å²) in [5.74, 6) is 0.461. The van der Waals surface area contributed by atoms with E-state index in [9.17, 15) is 4.79 Å². The summed E-state index contributed by atoms with van der Waals surface area (Å²) in [4.78, 5) is 21.1. The molecular formula is C10H15N5O2. The third kappa shape index (κ3) is 1.95. The van der Waals surface area contributed by atoms with Gasteiger partial charge in [0, 0.05) is 6.54 Å². The van der Waals surface area contributed by atoms with Crippen molar-refractivity contribution in [3.05, 3.63) is 6.33 Å². The van der Waals surface area contributed by atoms with Crippen molar-refractivity contribution in [3.8, 4) is 5.88 Å². The van der Waals surface area contributed by atoms with Gasteiger partial charge in [0.1, 0.15) is 18.1 Å². The summed E-state index contributed by atoms with van der Waals surface area (Å²) in [5, 5.41) is 0. The zero-order chi connectivity index (χ0) is 12.4. The first-order valence-corrected chi connectivity index (χ1v) is 5.35. The number of nitrogens with zero attached hydrogens (tertiary/aromatic N) is 3. The van der Waals surface area contributed by atoms with E-state index in [0.29, 0.717) is 23.9 Å². The van der Waals surface area contributed by atoms with Crippen LogP contribution in [-0.2, 0) is 4.79 Å². The number of nitrogens with two attached hydrogens (primary N) is 2. The number of methoxy groups -OCH3 is 1. The van der Waals surface area contributed by atoms with Crippen LogP contribution in [0.2, 0.25) is 0 Å². The highest BCUT2D eigenvalue weighted by atomic mass is 16.5. The van der Waals surface area contributed by atoms with Crippen LogP contribution in [0.5, 0.6) is 5.88 Å². The molecule has 1 aromatic heterocycles. The summed E-state index contributed by atoms with van der Waals surface area (Å²) in [5.41, 5.74) is 11.6. The maximum atomic E-state index is 11.3. The second-order valence-electron chi connectivity index (χ2n) is 3.87. The zero-order valence-corrected chi connectivity index (χ0v) is 9.59. The number of nitrogen functional groups attached to an aromatic ring is 1. The fourth-order valence-corrected chi connectivity index (χ4v) is 2.08. The molecule has 1 fully saturated rings. The van der Waals surface area contributed by atoms with E-state index < -0.39 is 0 Å². The molecule has 0 aromatic carbocycles. The Kier molecular flexibility index (Phi) is 2.99. The fourth-order valence-electron chi connectivity index (χ4n) is 2.08. The number of carbonyl (C=O) groups is 1. The van der Waals surface area contributed by atoms with Gasteiger partial charge in [-0.15, -0.1) is 0 Å². The lowest BCUT2D eigenvalue weighted by Crippen LogP contribution is -2.41. The van der Waals surface area contributed by atoms with Gasteiger partial charge in [-0.3, -0.25) is 4.79 Å². The highest BCUT2D eigenvalue weighted by Gasteiger charge is 2.31. The highest BCUT2D eigenvalue weighted by Crippen LogP contribution is 2.32. The maximum Gasteiger partial charge on any atom is 0.242 e. The van der Waals surface area contributed by atoms with Crippen LogP contribution in [0.1, 0.15) is 12.8 Å². The van der Waals surface area contributed by atoms with Gasteiger partial charge in [0.05, 0.1) is 7.11 Å². The number of anilines is 2. The van der Waals surface area contributed by atoms with E-state index in [4.69, 9.17) is 16.2 Å². The molecule has 2 rings (SSSR count). The van der Waals surface area contributed by atoms with Crippen LogP contribution >= 0.6 is 0 Å². The molecule has 7 heteroatoms. The first-order chi connectivity index (χ1) is 8.15. The van der Waals surface area contributed by atoms with E-state index >= 15 is 0 Å². The van der Waals surface area contributed by atoms with Gasteiger partial charge in [-0.05, 0) is 12.8 Å². The summed E-state index contributed by atoms with van der Waals surface area (Å²) in [6.07, 6.45) is 2.97. The second kappa shape index (κ2) is 4.44. The molecule has 92 valence electrons. The van der Waals surface area contributed by atoms with E-state index in [-0.39, 0.29) is 11.9 Å². The van der Waals surface area contributed by atoms with E-state index in [1.165, 1.54) is 13.4 Å². The van der Waals surface area contributed by atoms with Gasteiger partial charge in [0.2, 0.25) is 11.8 Å². The number of hydrogen-bond acceptors (Lipinski definition) is 6. The number of hydrogen-bond donors (Lipinski definition) is 2. The fraction of sp³-hybridized carbons (Fsp3) is 0.500. The Morgan fingerprint density at radius 3 is 3.00 bits per heavy atom. The largest absolute Gasteiger partial charge is 0.479 e. The average Bonchev–Trinajstić information content (AvgIpc) is 2.78. The molecule has 4 N–H and O–H groups in total. The quantitative estimate of drug-likeness (QED) is 0.735. The normalized spacial score (nSPS) is 19.4. The molecule has 1 aromatic rings. The van der Waals surface area contributed by atoms with Gasteiger partial charge in [-0.25, -0.2) is 4.98 Å². The molecule has 0 bridgehead atoms. The SMILES string of the molecule is COc1ncnc(N2CCCC2C(N)=O)c1N. The smallest absolute Gasteiger partial charge is 0.242 e. The lowest BCUT2D eigenvalue weighted by Gasteiger charge is -2.24. The van der Waals surface area contributed by atoms with Crippen LogP contribution in [0.25, 0.3) is 0 Å². The van der Waals surface area contributed by atoms with Gasteiger partial charge < -0.3 is 21.1 Å². The molecule has 1 saturated heterocycles. The number of amides is 1. The minimum atomic E-state index is -0.362. The zero-order valence-electron chi connectivity index (χ0n) is 9.59. The standard InChI is InChI=1S/C10H15N5O2/c1-17-10-7(11)9(13-5-14-10)15-4-2-3-6(15)8(12)16/h5-6H,2-4,11H2,1H3,(H2,12,16). The molecule has 0 radical (unpaired) electrons. The van der Waals surface area contributed by atoms with Crippen LogP contribution in [0.15, 0.2) is 6.33 Å². The molecule has 17 heavy (non-hydrogen) atoms. The summed E-state index contributed by atoms with van der Waals surface area (Å²) in [7, 11) is 1.48. The minimum Gasteiger partial charge on any atom is -0.479 e. The molecule has 1 aliphatic heterocycles. The van der Waals surface area contributed by atoms with Crippen molar-refractivity contribution in [1.82, 2.24) is 9.97 Å². The van der Waals surface area contributed by atoms with E-state index in [2.05, 4.69) is 9.97 Å². The molecule has 2 heterocycles. The third-order valence-electron chi connectivity index (χ3n) is 2.87. The number of ether oxygens (including phenoxy) is 1. The Bertz CT molecular complexity index is 437. The van der Waals surface area contributed by atoms with Crippen molar-refractivity contribution in [2.45, 2.75) is 18.9 Å². The van der Waals surface area contributed by atoms with Crippen molar-refractivity contribution < 1.29 is 9.53 Å². The molecule has 0 saturated carbocycles. The average molecular weight is 237 g/mol. The van der Waals surface area contributed by atoms with E-state index in [1.54, 1.807) is 0 Å². The monoisotopic (exact) mass is 237 g/mol. The van der Waals surface area contributed by atoms with Crippen LogP contribution in [0.4, 0.5) is 11.5 Å². The number of primary amides is 1. The third-order valence-corrected chi connectivity index (χ3v) is 2.87. The molecule has 1 aliphatic rings. The van der Waals surface area contributed by atoms with Crippen LogP contribution < -0.4 is 21.1 Å². The van der Waals surface area contributed by atoms with Gasteiger partial charge >= 0.3 is 0 Å². The first-order valence-electron chi connectivity index (χ1n) is 5.35. The summed E-state index contributed by atoms with van der Waals surface area (Å²) in [6.45, 7) is 0.706. The van der Waals surface area contributed by atoms with Crippen molar-refractivity contribution in [1.29, 1.82) is 0 Å². The van der Waals surface area contributed by atoms with Gasteiger partial charge in [0.25, 0.3) is 0 Å². The molecule has 0 aliphatic carbocycles. The predicted octanol–water partition coefficient (Wildman–Crippen LogP) is -0.478. The molecule has 1 unspecified atom stereocenters. The van der Waals surface area contributed by atoms with E-state index in [0.717, 1.165) is 12.8 Å². The number of rotatable bonds is 3. The van der Waals surface area contributed by atoms with Crippen LogP contribution in [0, 0.1) is 0 Å². The lowest BCUT2D eigenvalue weighted by molar-refractivity contribution is -0.119. The van der Waals surface area contributed by atoms with Gasteiger partial charge in [-0.2, -0.15) is 4.98 Å². The molecule has 7 nitrogen and oxygen atoms in total. The van der Waals surface area contributed by atoms with Crippen molar-refractivity contribution in [2.24, 2.45) is 5.73 Å². The Morgan fingerprint density at radius 1 is 1.59 bits per heavy atom. The van der Waals surface area contributed by atoms with Crippen molar-refractivity contribution in [2.75, 3.05) is 24.3 Å². The van der Waals surface area contributed by atoms with Gasteiger partial charge in [-0.1, -0.05) is 0 Å². The highest BCUT2D eigenvalue weighted by molar-refractivity contribution is 5.85. The maximum absolute atomic E-state index is 11.3. The summed E-state index contributed by atoms with van der Waals surface area (Å²) in [6, 6.07) is -0.350. The first kappa shape index (κ1) is 11.4. The van der Waals surface area contributed by atoms with Crippen LogP contribution in [-0.4, -0.2) is 35.6 Å².